The maximum absolute atomic E-state index is 15.4. The van der Waals surface area contributed by atoms with Gasteiger partial charge in [-0.25, -0.2) is 97.6 Å². The second-order valence-electron chi connectivity index (χ2n) is 15.3. The molecule has 0 saturated heterocycles. The molecular weight excluding hydrogens is 1020 g/mol. The van der Waals surface area contributed by atoms with Crippen molar-refractivity contribution >= 4 is 39.7 Å². The largest absolute Gasteiger partial charge is 0.421 e. The van der Waals surface area contributed by atoms with Crippen LogP contribution in [-0.4, -0.2) is 22.9 Å². The molecule has 0 atom stereocenters. The first-order chi connectivity index (χ1) is 33.6. The summed E-state index contributed by atoms with van der Waals surface area (Å²) in [5.74, 6) is -71.5. The number of Topliss-reactive ketones (excluding diaryl/α,β-unsaturated/α-hetero) is 1. The third-order valence-electron chi connectivity index (χ3n) is 10.9. The Kier molecular flexibility index (Phi) is 15.0. The molecule has 0 bridgehead atoms. The van der Waals surface area contributed by atoms with Crippen LogP contribution in [0.15, 0.2) is 61.1 Å². The fourth-order valence-electron chi connectivity index (χ4n) is 7.86. The van der Waals surface area contributed by atoms with Crippen LogP contribution >= 0.6 is 0 Å². The predicted octanol–water partition coefficient (Wildman–Crippen LogP) is 9.24. The van der Waals surface area contributed by atoms with E-state index in [4.69, 9.17) is 4.74 Å². The number of hydrogen-bond donors (Lipinski definition) is 0. The number of aryl methyl sites for hydroxylation is 3. The number of aromatic nitrogens is 2. The van der Waals surface area contributed by atoms with E-state index in [0.29, 0.717) is 11.3 Å². The molecule has 0 spiro atoms. The molecule has 5 nitrogen and oxygen atoms in total. The summed E-state index contributed by atoms with van der Waals surface area (Å²) in [4.78, 5) is 29.0. The van der Waals surface area contributed by atoms with E-state index in [1.54, 1.807) is 22.9 Å². The molecule has 0 amide bonds. The quantitative estimate of drug-likeness (QED) is 0.0212. The molecule has 72 heavy (non-hydrogen) atoms. The number of carbonyl (C=O) groups excluding carboxylic acids is 2. The molecule has 1 heterocycles. The molecule has 0 aliphatic rings. The molecule has 0 radical (unpaired) electrons. The number of esters is 1. The van der Waals surface area contributed by atoms with Gasteiger partial charge in [0.05, 0.1) is 6.20 Å². The van der Waals surface area contributed by atoms with Crippen molar-refractivity contribution < 1.29 is 107 Å². The maximum Gasteiger partial charge on any atom is 0.368 e. The lowest BCUT2D eigenvalue weighted by Gasteiger charge is -2.44. The lowest BCUT2D eigenvalue weighted by molar-refractivity contribution is -0.683. The van der Waals surface area contributed by atoms with Gasteiger partial charge in [-0.2, -0.15) is 4.57 Å². The zero-order valence-corrected chi connectivity index (χ0v) is 35.7. The summed E-state index contributed by atoms with van der Waals surface area (Å²) >= 11 is 0. The molecule has 0 saturated carbocycles. The van der Waals surface area contributed by atoms with Gasteiger partial charge in [0.2, 0.25) is 24.2 Å². The zero-order valence-electron chi connectivity index (χ0n) is 35.7. The van der Waals surface area contributed by atoms with Crippen molar-refractivity contribution in [3.05, 3.63) is 205 Å². The monoisotopic (exact) mass is 1040 g/mol. The third-order valence-corrected chi connectivity index (χ3v) is 10.9. The number of rotatable bonds is 9. The second-order valence-corrected chi connectivity index (χ2v) is 15.3. The van der Waals surface area contributed by atoms with Crippen LogP contribution < -0.4 is 31.2 Å². The van der Waals surface area contributed by atoms with E-state index < -0.39 is 150 Å². The summed E-state index contributed by atoms with van der Waals surface area (Å²) in [7, 11) is 0. The molecule has 0 fully saturated rings. The van der Waals surface area contributed by atoms with Gasteiger partial charge in [-0.15, -0.1) is 21.9 Å². The summed E-state index contributed by atoms with van der Waals surface area (Å²) in [6, 6.07) is 13.0. The normalized spacial score (nSPS) is 11.4. The number of ether oxygens (including phenoxy) is 1. The average molecular weight is 1040 g/mol. The molecule has 0 aliphatic carbocycles. The first kappa shape index (κ1) is 53.6. The summed E-state index contributed by atoms with van der Waals surface area (Å²) < 4.78 is 301. The number of nitrogens with zero attached hydrogens (tertiary/aromatic N) is 2. The predicted molar refractivity (Wildman–Crippen MR) is 210 cm³/mol. The van der Waals surface area contributed by atoms with Crippen LogP contribution in [0, 0.1) is 137 Å². The summed E-state index contributed by atoms with van der Waals surface area (Å²) in [5.41, 5.74) is -10.7. The van der Waals surface area contributed by atoms with Gasteiger partial charge in [0, 0.05) is 5.56 Å². The SMILES string of the molecule is Cc1cc(C)c(OC(=O)c2c[n+](CC(=O)c3ccccc3)ccn2)c(C)c1.Fc1c(F)c(F)c([B-](c2c(F)c(F)c(F)c(F)c2F)(c2c(F)c(F)c(F)c(F)c2F)c2c(F)c(F)c(F)c(F)c2F)c(F)c1F. The highest BCUT2D eigenvalue weighted by atomic mass is 19.2. The molecule has 7 rings (SSSR count). The molecule has 0 N–H and O–H groups in total. The van der Waals surface area contributed by atoms with Gasteiger partial charge >= 0.3 is 5.97 Å². The standard InChI is InChI=1S/C24BF20.C22H21N2O3/c26-5-1(6(27)14(35)21(42)13(5)34)25(2-7(28)15(36)22(43)16(37)8(2)29,3-9(30)17(38)23(44)18(39)10(3)31)4-11(32)19(40)24(45)20(41)12(4)33;1-15-11-16(2)21(17(3)12-15)27-22(26)19-13-24(10-9-23-19)14-20(25)18-7-5-4-6-8-18/h;4-13H,14H2,1-3H3/q-1;+1. The van der Waals surface area contributed by atoms with Crippen LogP contribution in [0.25, 0.3) is 0 Å². The van der Waals surface area contributed by atoms with Crippen LogP contribution in [0.5, 0.6) is 5.75 Å². The first-order valence-electron chi connectivity index (χ1n) is 19.6. The van der Waals surface area contributed by atoms with Gasteiger partial charge in [-0.3, -0.25) is 4.79 Å². The first-order valence-corrected chi connectivity index (χ1v) is 19.6. The van der Waals surface area contributed by atoms with Gasteiger partial charge in [-0.1, -0.05) is 48.0 Å². The molecule has 0 unspecified atom stereocenters. The number of carbonyl (C=O) groups is 2. The lowest BCUT2D eigenvalue weighted by Crippen LogP contribution is -2.81. The van der Waals surface area contributed by atoms with E-state index in [2.05, 4.69) is 4.98 Å². The Morgan fingerprint density at radius 2 is 0.778 bits per heavy atom. The molecule has 26 heteroatoms. The number of hydrogen-bond acceptors (Lipinski definition) is 4. The van der Waals surface area contributed by atoms with E-state index in [1.165, 1.54) is 12.4 Å². The van der Waals surface area contributed by atoms with Crippen molar-refractivity contribution in [3.8, 4) is 5.75 Å². The second kappa shape index (κ2) is 20.1. The zero-order chi connectivity index (χ0) is 53.7. The van der Waals surface area contributed by atoms with Crippen LogP contribution in [0.2, 0.25) is 0 Å². The van der Waals surface area contributed by atoms with E-state index >= 15 is 35.1 Å². The molecule has 1 aromatic heterocycles. The summed E-state index contributed by atoms with van der Waals surface area (Å²) in [6.45, 7) is 5.92. The van der Waals surface area contributed by atoms with E-state index in [-0.39, 0.29) is 18.0 Å². The Morgan fingerprint density at radius 3 is 1.10 bits per heavy atom. The highest BCUT2D eigenvalue weighted by Crippen LogP contribution is 2.31. The fraction of sp³-hybridized carbons (Fsp3) is 0.0870. The smallest absolute Gasteiger partial charge is 0.368 e. The minimum Gasteiger partial charge on any atom is -0.421 e. The molecular formula is C46H21BF20N2O3. The number of benzene rings is 6. The number of ketones is 1. The van der Waals surface area contributed by atoms with E-state index in [0.717, 1.165) is 16.7 Å². The van der Waals surface area contributed by atoms with Gasteiger partial charge in [0.1, 0.15) is 58.4 Å². The highest BCUT2D eigenvalue weighted by Gasteiger charge is 2.52. The Hall–Kier alpha value is -7.80. The van der Waals surface area contributed by atoms with Crippen molar-refractivity contribution in [2.45, 2.75) is 27.3 Å². The van der Waals surface area contributed by atoms with Crippen LogP contribution in [0.4, 0.5) is 87.8 Å². The summed E-state index contributed by atoms with van der Waals surface area (Å²) in [6.07, 6.45) is -2.54. The highest BCUT2D eigenvalue weighted by molar-refractivity contribution is 7.20. The van der Waals surface area contributed by atoms with Crippen molar-refractivity contribution in [1.82, 2.24) is 4.98 Å². The van der Waals surface area contributed by atoms with Gasteiger partial charge in [0.15, 0.2) is 76.0 Å². The minimum atomic E-state index is -7.22. The molecule has 7 aromatic rings. The maximum atomic E-state index is 15.4. The van der Waals surface area contributed by atoms with Crippen molar-refractivity contribution in [3.63, 3.8) is 0 Å². The topological polar surface area (TPSA) is 60.1 Å². The van der Waals surface area contributed by atoms with Crippen LogP contribution in [0.3, 0.4) is 0 Å². The van der Waals surface area contributed by atoms with Crippen LogP contribution in [-0.2, 0) is 6.54 Å². The Bertz CT molecular complexity index is 2990. The summed E-state index contributed by atoms with van der Waals surface area (Å²) in [5, 5.41) is 0. The van der Waals surface area contributed by atoms with E-state index in [9.17, 15) is 62.3 Å². The lowest BCUT2D eigenvalue weighted by atomic mass is 9.12. The number of halogens is 20. The van der Waals surface area contributed by atoms with Gasteiger partial charge < -0.3 is 4.74 Å². The molecule has 376 valence electrons. The van der Waals surface area contributed by atoms with E-state index in [1.807, 2.05) is 51.1 Å². The van der Waals surface area contributed by atoms with Gasteiger partial charge in [-0.05, 0) is 31.9 Å². The van der Waals surface area contributed by atoms with Crippen LogP contribution in [0.1, 0.15) is 37.5 Å². The molecule has 0 aliphatic heterocycles. The molecule has 6 aromatic carbocycles. The minimum absolute atomic E-state index is 0.0451. The Balaban J connectivity index is 0.000000266. The third kappa shape index (κ3) is 8.86. The Morgan fingerprint density at radius 1 is 0.472 bits per heavy atom. The van der Waals surface area contributed by atoms with Crippen molar-refractivity contribution in [2.75, 3.05) is 0 Å². The van der Waals surface area contributed by atoms with Gasteiger partial charge in [0.25, 0.3) is 0 Å². The average Bonchev–Trinajstić information content (AvgIpc) is 3.35. The van der Waals surface area contributed by atoms with Crippen molar-refractivity contribution in [2.24, 2.45) is 0 Å². The Labute approximate surface area is 389 Å². The fourth-order valence-corrected chi connectivity index (χ4v) is 7.86. The van der Waals surface area contributed by atoms with Crippen molar-refractivity contribution in [1.29, 1.82) is 0 Å².